The Bertz CT molecular complexity index is 322. The Balaban J connectivity index is 2.53. The predicted molar refractivity (Wildman–Crippen MR) is 75.5 cm³/mol. The van der Waals surface area contributed by atoms with Gasteiger partial charge in [-0.25, -0.2) is 9.59 Å². The number of nitrogens with one attached hydrogen (secondary N) is 2. The van der Waals surface area contributed by atoms with Gasteiger partial charge in [-0.2, -0.15) is 0 Å². The number of alkyl carbamates (subject to hydrolysis) is 2. The fraction of sp³-hybridized carbons (Fsp3) is 0.857. The second-order valence-electron chi connectivity index (χ2n) is 5.58. The maximum atomic E-state index is 11.3. The molecule has 1 saturated carbocycles. The second kappa shape index (κ2) is 8.66. The zero-order chi connectivity index (χ0) is 15.0. The van der Waals surface area contributed by atoms with Crippen molar-refractivity contribution in [1.29, 1.82) is 0 Å². The van der Waals surface area contributed by atoms with Crippen LogP contribution in [0.2, 0.25) is 0 Å². The van der Waals surface area contributed by atoms with Crippen molar-refractivity contribution in [2.45, 2.75) is 45.1 Å². The number of methoxy groups -OCH3 is 2. The van der Waals surface area contributed by atoms with E-state index in [4.69, 9.17) is 0 Å². The predicted octanol–water partition coefficient (Wildman–Crippen LogP) is 2.28. The van der Waals surface area contributed by atoms with Gasteiger partial charge >= 0.3 is 12.2 Å². The average molecular weight is 286 g/mol. The summed E-state index contributed by atoms with van der Waals surface area (Å²) in [6, 6.07) is 0.111. The molecule has 1 fully saturated rings. The highest BCUT2D eigenvalue weighted by Gasteiger charge is 2.23. The van der Waals surface area contributed by atoms with Gasteiger partial charge in [0.05, 0.1) is 14.2 Å². The molecule has 116 valence electrons. The maximum absolute atomic E-state index is 11.3. The molecule has 0 aromatic rings. The molecule has 2 N–H and O–H groups in total. The molecule has 0 heterocycles. The molecule has 1 aliphatic rings. The van der Waals surface area contributed by atoms with Crippen LogP contribution in [-0.2, 0) is 9.47 Å². The lowest BCUT2D eigenvalue weighted by Crippen LogP contribution is -2.40. The molecule has 3 unspecified atom stereocenters. The molecule has 3 atom stereocenters. The van der Waals surface area contributed by atoms with E-state index >= 15 is 0 Å². The number of hydrogen-bond acceptors (Lipinski definition) is 4. The van der Waals surface area contributed by atoms with Crippen molar-refractivity contribution in [1.82, 2.24) is 10.6 Å². The monoisotopic (exact) mass is 286 g/mol. The first kappa shape index (κ1) is 16.6. The van der Waals surface area contributed by atoms with Gasteiger partial charge in [0, 0.05) is 12.6 Å². The first-order valence-electron chi connectivity index (χ1n) is 7.21. The van der Waals surface area contributed by atoms with Crippen molar-refractivity contribution in [2.24, 2.45) is 11.8 Å². The van der Waals surface area contributed by atoms with E-state index in [0.717, 1.165) is 32.1 Å². The van der Waals surface area contributed by atoms with Crippen LogP contribution in [0.3, 0.4) is 0 Å². The third-order valence-corrected chi connectivity index (χ3v) is 3.83. The second-order valence-corrected chi connectivity index (χ2v) is 5.58. The molecule has 6 heteroatoms. The molecule has 0 saturated heterocycles. The first-order valence-corrected chi connectivity index (χ1v) is 7.21. The molecule has 6 nitrogen and oxygen atoms in total. The van der Waals surface area contributed by atoms with Crippen LogP contribution in [-0.4, -0.2) is 39.0 Å². The number of carbonyl (C=O) groups is 2. The standard InChI is InChI=1S/C14H26N2O4/c1-10-5-4-6-12(16-14(18)20-3)8-11(7-10)9-15-13(17)19-2/h10-12H,4-9H2,1-3H3,(H,15,17)(H,16,18). The van der Waals surface area contributed by atoms with Crippen molar-refractivity contribution in [2.75, 3.05) is 20.8 Å². The summed E-state index contributed by atoms with van der Waals surface area (Å²) >= 11 is 0. The lowest BCUT2D eigenvalue weighted by atomic mass is 9.83. The SMILES string of the molecule is COC(=O)NCC1CC(C)CCCC(NC(=O)OC)C1. The van der Waals surface area contributed by atoms with E-state index in [0.29, 0.717) is 18.4 Å². The van der Waals surface area contributed by atoms with Gasteiger partial charge in [-0.1, -0.05) is 19.8 Å². The van der Waals surface area contributed by atoms with Gasteiger partial charge < -0.3 is 20.1 Å². The Hall–Kier alpha value is -1.46. The van der Waals surface area contributed by atoms with E-state index in [1.54, 1.807) is 0 Å². The third-order valence-electron chi connectivity index (χ3n) is 3.83. The summed E-state index contributed by atoms with van der Waals surface area (Å²) < 4.78 is 9.25. The van der Waals surface area contributed by atoms with Crippen LogP contribution >= 0.6 is 0 Å². The largest absolute Gasteiger partial charge is 0.453 e. The Labute approximate surface area is 120 Å². The number of hydrogen-bond donors (Lipinski definition) is 2. The normalized spacial score (nSPS) is 26.9. The van der Waals surface area contributed by atoms with Crippen LogP contribution in [0, 0.1) is 11.8 Å². The van der Waals surface area contributed by atoms with Gasteiger partial charge in [0.1, 0.15) is 0 Å². The highest BCUT2D eigenvalue weighted by atomic mass is 16.5. The minimum absolute atomic E-state index is 0.111. The third kappa shape index (κ3) is 6.12. The molecule has 2 amide bonds. The molecule has 0 spiro atoms. The maximum Gasteiger partial charge on any atom is 0.407 e. The molecular formula is C14H26N2O4. The summed E-state index contributed by atoms with van der Waals surface area (Å²) in [5.74, 6) is 0.977. The lowest BCUT2D eigenvalue weighted by Gasteiger charge is -2.29. The molecule has 1 aliphatic carbocycles. The van der Waals surface area contributed by atoms with E-state index in [1.807, 2.05) is 0 Å². The number of ether oxygens (including phenoxy) is 2. The molecule has 0 aromatic heterocycles. The van der Waals surface area contributed by atoms with E-state index in [9.17, 15) is 9.59 Å². The van der Waals surface area contributed by atoms with E-state index in [2.05, 4.69) is 27.0 Å². The Kier molecular flexibility index (Phi) is 7.18. The van der Waals surface area contributed by atoms with Crippen molar-refractivity contribution in [3.8, 4) is 0 Å². The van der Waals surface area contributed by atoms with Crippen LogP contribution in [0.1, 0.15) is 39.0 Å². The molecular weight excluding hydrogens is 260 g/mol. The molecule has 0 aliphatic heterocycles. The number of rotatable bonds is 3. The minimum atomic E-state index is -0.405. The average Bonchev–Trinajstić information content (AvgIpc) is 2.41. The lowest BCUT2D eigenvalue weighted by molar-refractivity contribution is 0.156. The molecule has 0 bridgehead atoms. The zero-order valence-electron chi connectivity index (χ0n) is 12.6. The summed E-state index contributed by atoms with van der Waals surface area (Å²) in [5, 5.41) is 5.63. The van der Waals surface area contributed by atoms with Crippen molar-refractivity contribution >= 4 is 12.2 Å². The smallest absolute Gasteiger partial charge is 0.407 e. The van der Waals surface area contributed by atoms with Gasteiger partial charge in [0.2, 0.25) is 0 Å². The van der Waals surface area contributed by atoms with Crippen LogP contribution in [0.4, 0.5) is 9.59 Å². The summed E-state index contributed by atoms with van der Waals surface area (Å²) in [5.41, 5.74) is 0. The first-order chi connectivity index (χ1) is 9.55. The fourth-order valence-electron chi connectivity index (χ4n) is 2.84. The Morgan fingerprint density at radius 1 is 1.10 bits per heavy atom. The van der Waals surface area contributed by atoms with Crippen molar-refractivity contribution in [3.63, 3.8) is 0 Å². The zero-order valence-corrected chi connectivity index (χ0v) is 12.6. The van der Waals surface area contributed by atoms with E-state index in [1.165, 1.54) is 14.2 Å². The van der Waals surface area contributed by atoms with Gasteiger partial charge in [-0.05, 0) is 31.1 Å². The molecule has 0 aromatic carbocycles. The van der Waals surface area contributed by atoms with Crippen LogP contribution in [0.15, 0.2) is 0 Å². The van der Waals surface area contributed by atoms with Gasteiger partial charge in [-0.3, -0.25) is 0 Å². The summed E-state index contributed by atoms with van der Waals surface area (Å²) in [6.45, 7) is 2.82. The van der Waals surface area contributed by atoms with Crippen molar-refractivity contribution in [3.05, 3.63) is 0 Å². The fourth-order valence-corrected chi connectivity index (χ4v) is 2.84. The van der Waals surface area contributed by atoms with Crippen LogP contribution in [0.5, 0.6) is 0 Å². The highest BCUT2D eigenvalue weighted by molar-refractivity contribution is 5.67. The summed E-state index contributed by atoms with van der Waals surface area (Å²) in [4.78, 5) is 22.5. The van der Waals surface area contributed by atoms with E-state index in [-0.39, 0.29) is 12.1 Å². The Morgan fingerprint density at radius 3 is 2.45 bits per heavy atom. The molecule has 0 radical (unpaired) electrons. The van der Waals surface area contributed by atoms with Gasteiger partial charge in [0.25, 0.3) is 0 Å². The number of amides is 2. The summed E-state index contributed by atoms with van der Waals surface area (Å²) in [6.07, 6.45) is 4.31. The Morgan fingerprint density at radius 2 is 1.80 bits per heavy atom. The highest BCUT2D eigenvalue weighted by Crippen LogP contribution is 2.26. The minimum Gasteiger partial charge on any atom is -0.453 e. The van der Waals surface area contributed by atoms with Crippen molar-refractivity contribution < 1.29 is 19.1 Å². The summed E-state index contributed by atoms with van der Waals surface area (Å²) in [7, 11) is 2.73. The van der Waals surface area contributed by atoms with Crippen LogP contribution in [0.25, 0.3) is 0 Å². The van der Waals surface area contributed by atoms with Gasteiger partial charge in [-0.15, -0.1) is 0 Å². The van der Waals surface area contributed by atoms with Crippen LogP contribution < -0.4 is 10.6 Å². The molecule has 1 rings (SSSR count). The quantitative estimate of drug-likeness (QED) is 0.834. The number of carbonyl (C=O) groups excluding carboxylic acids is 2. The topological polar surface area (TPSA) is 76.7 Å². The van der Waals surface area contributed by atoms with Gasteiger partial charge in [0.15, 0.2) is 0 Å². The van der Waals surface area contributed by atoms with E-state index < -0.39 is 6.09 Å². The molecule has 20 heavy (non-hydrogen) atoms.